The first-order valence-corrected chi connectivity index (χ1v) is 6.96. The van der Waals surface area contributed by atoms with Crippen molar-refractivity contribution in [2.45, 2.75) is 38.2 Å². The Labute approximate surface area is 114 Å². The number of halogens is 3. The highest BCUT2D eigenvalue weighted by atomic mass is 79.9. The molecule has 0 radical (unpaired) electrons. The molecule has 1 aliphatic carbocycles. The summed E-state index contributed by atoms with van der Waals surface area (Å²) in [5.41, 5.74) is -0.00882. The van der Waals surface area contributed by atoms with Gasteiger partial charge in [0.1, 0.15) is 17.7 Å². The summed E-state index contributed by atoms with van der Waals surface area (Å²) in [6.45, 7) is 4.22. The Kier molecular flexibility index (Phi) is 3.69. The molecule has 0 aliphatic heterocycles. The minimum Gasteiger partial charge on any atom is -0.490 e. The molecule has 0 N–H and O–H groups in total. The van der Waals surface area contributed by atoms with Crippen molar-refractivity contribution in [2.75, 3.05) is 0 Å². The Balaban J connectivity index is 2.09. The van der Waals surface area contributed by atoms with Crippen LogP contribution in [-0.2, 0) is 0 Å². The van der Waals surface area contributed by atoms with Gasteiger partial charge in [-0.2, -0.15) is 0 Å². The van der Waals surface area contributed by atoms with Crippen molar-refractivity contribution in [3.8, 4) is 5.75 Å². The summed E-state index contributed by atoms with van der Waals surface area (Å²) in [7, 11) is 0. The Bertz CT molecular complexity index is 426. The summed E-state index contributed by atoms with van der Waals surface area (Å²) in [5, 5.41) is 0.151. The summed E-state index contributed by atoms with van der Waals surface area (Å²) in [6, 6.07) is 4.83. The number of benzene rings is 1. The van der Waals surface area contributed by atoms with Crippen molar-refractivity contribution in [1.29, 1.82) is 0 Å². The summed E-state index contributed by atoms with van der Waals surface area (Å²) in [4.78, 5) is 0. The van der Waals surface area contributed by atoms with Gasteiger partial charge in [-0.3, -0.25) is 0 Å². The van der Waals surface area contributed by atoms with E-state index in [1.807, 2.05) is 0 Å². The van der Waals surface area contributed by atoms with E-state index in [0.29, 0.717) is 10.2 Å². The van der Waals surface area contributed by atoms with Crippen LogP contribution in [0, 0.1) is 11.2 Å². The van der Waals surface area contributed by atoms with Crippen LogP contribution in [0.3, 0.4) is 0 Å². The Hall–Kier alpha value is -0.280. The van der Waals surface area contributed by atoms with E-state index in [0.717, 1.165) is 12.8 Å². The van der Waals surface area contributed by atoms with E-state index < -0.39 is 0 Å². The van der Waals surface area contributed by atoms with Crippen LogP contribution in [0.25, 0.3) is 0 Å². The van der Waals surface area contributed by atoms with E-state index >= 15 is 0 Å². The average molecular weight is 322 g/mol. The molecule has 94 valence electrons. The molecule has 0 heterocycles. The van der Waals surface area contributed by atoms with Gasteiger partial charge in [-0.05, 0) is 34.5 Å². The van der Waals surface area contributed by atoms with Gasteiger partial charge in [0.05, 0.1) is 4.47 Å². The predicted octanol–water partition coefficient (Wildman–Crippen LogP) is 4.76. The first kappa shape index (κ1) is 13.2. The van der Waals surface area contributed by atoms with E-state index in [1.54, 1.807) is 12.1 Å². The lowest BCUT2D eigenvalue weighted by Gasteiger charge is -2.50. The lowest BCUT2D eigenvalue weighted by molar-refractivity contribution is -0.0296. The lowest BCUT2D eigenvalue weighted by Crippen LogP contribution is -2.55. The normalized spacial score (nSPS) is 32.1. The summed E-state index contributed by atoms with van der Waals surface area (Å²) in [6.07, 6.45) is 1.87. The van der Waals surface area contributed by atoms with Gasteiger partial charge in [0, 0.05) is 23.3 Å². The maximum atomic E-state index is 13.3. The Morgan fingerprint density at radius 1 is 1.59 bits per heavy atom. The van der Waals surface area contributed by atoms with Crippen LogP contribution in [0.2, 0.25) is 0 Å². The number of alkyl halides is 1. The number of ether oxygens (including phenoxy) is 1. The second-order valence-corrected chi connectivity index (χ2v) is 6.13. The van der Waals surface area contributed by atoms with Gasteiger partial charge in [-0.15, -0.1) is 11.6 Å². The maximum absolute atomic E-state index is 13.3. The molecule has 1 aliphatic rings. The average Bonchev–Trinajstić information content (AvgIpc) is 2.32. The molecule has 0 spiro atoms. The number of hydrogen-bond acceptors (Lipinski definition) is 1. The molecule has 3 unspecified atom stereocenters. The van der Waals surface area contributed by atoms with E-state index in [9.17, 15) is 4.39 Å². The molecule has 3 atom stereocenters. The molecular weight excluding hydrogens is 306 g/mol. The first-order valence-electron chi connectivity index (χ1n) is 5.73. The van der Waals surface area contributed by atoms with E-state index in [-0.39, 0.29) is 22.7 Å². The van der Waals surface area contributed by atoms with Gasteiger partial charge >= 0.3 is 0 Å². The van der Waals surface area contributed by atoms with Crippen molar-refractivity contribution in [3.63, 3.8) is 0 Å². The third-order valence-electron chi connectivity index (χ3n) is 3.80. The Morgan fingerprint density at radius 3 is 2.82 bits per heavy atom. The maximum Gasteiger partial charge on any atom is 0.141 e. The lowest BCUT2D eigenvalue weighted by atomic mass is 9.65. The van der Waals surface area contributed by atoms with Gasteiger partial charge in [0.2, 0.25) is 0 Å². The van der Waals surface area contributed by atoms with Crippen LogP contribution in [0.1, 0.15) is 26.7 Å². The second-order valence-electron chi connectivity index (χ2n) is 4.75. The van der Waals surface area contributed by atoms with E-state index in [1.165, 1.54) is 6.07 Å². The molecule has 2 rings (SSSR count). The number of hydrogen-bond donors (Lipinski definition) is 0. The van der Waals surface area contributed by atoms with Crippen LogP contribution < -0.4 is 4.74 Å². The van der Waals surface area contributed by atoms with Crippen LogP contribution in [0.4, 0.5) is 4.39 Å². The van der Waals surface area contributed by atoms with Crippen LogP contribution in [-0.4, -0.2) is 11.5 Å². The van der Waals surface area contributed by atoms with Gasteiger partial charge in [0.25, 0.3) is 0 Å². The fraction of sp³-hybridized carbons (Fsp3) is 0.538. The largest absolute Gasteiger partial charge is 0.490 e. The smallest absolute Gasteiger partial charge is 0.141 e. The van der Waals surface area contributed by atoms with Crippen molar-refractivity contribution in [1.82, 2.24) is 0 Å². The molecule has 0 amide bonds. The first-order chi connectivity index (χ1) is 7.97. The van der Waals surface area contributed by atoms with Gasteiger partial charge in [-0.1, -0.05) is 13.8 Å². The fourth-order valence-electron chi connectivity index (χ4n) is 2.11. The van der Waals surface area contributed by atoms with Crippen LogP contribution >= 0.6 is 27.5 Å². The molecule has 0 saturated heterocycles. The van der Waals surface area contributed by atoms with Crippen LogP contribution in [0.15, 0.2) is 22.7 Å². The van der Waals surface area contributed by atoms with Crippen LogP contribution in [0.5, 0.6) is 5.75 Å². The summed E-state index contributed by atoms with van der Waals surface area (Å²) >= 11 is 9.33. The van der Waals surface area contributed by atoms with Crippen molar-refractivity contribution >= 4 is 27.5 Å². The number of rotatable bonds is 3. The topological polar surface area (TPSA) is 9.23 Å². The SMILES string of the molecule is CCC1(C)C(Cl)CC1Oc1ccc(Br)c(F)c1. The fourth-order valence-corrected chi connectivity index (χ4v) is 2.82. The molecule has 1 fully saturated rings. The van der Waals surface area contributed by atoms with Gasteiger partial charge in [-0.25, -0.2) is 4.39 Å². The third kappa shape index (κ3) is 2.32. The predicted molar refractivity (Wildman–Crippen MR) is 71.2 cm³/mol. The van der Waals surface area contributed by atoms with Gasteiger partial charge in [0.15, 0.2) is 0 Å². The zero-order valence-corrected chi connectivity index (χ0v) is 12.2. The molecule has 17 heavy (non-hydrogen) atoms. The standard InChI is InChI=1S/C13H15BrClFO/c1-3-13(2)11(15)7-12(13)17-8-4-5-9(14)10(16)6-8/h4-6,11-12H,3,7H2,1-2H3. The third-order valence-corrected chi connectivity index (χ3v) is 5.12. The molecular formula is C13H15BrClFO. The summed E-state index contributed by atoms with van der Waals surface area (Å²) in [5.74, 6) is 0.265. The molecule has 1 aromatic rings. The van der Waals surface area contributed by atoms with Gasteiger partial charge < -0.3 is 4.74 Å². The summed E-state index contributed by atoms with van der Waals surface area (Å²) < 4.78 is 19.6. The molecule has 0 bridgehead atoms. The monoisotopic (exact) mass is 320 g/mol. The molecule has 0 aromatic heterocycles. The van der Waals surface area contributed by atoms with Crippen molar-refractivity contribution in [2.24, 2.45) is 5.41 Å². The van der Waals surface area contributed by atoms with Crippen molar-refractivity contribution < 1.29 is 9.13 Å². The minimum atomic E-state index is -0.303. The highest BCUT2D eigenvalue weighted by molar-refractivity contribution is 9.10. The zero-order chi connectivity index (χ0) is 12.6. The quantitative estimate of drug-likeness (QED) is 0.729. The Morgan fingerprint density at radius 2 is 2.29 bits per heavy atom. The molecule has 1 aromatic carbocycles. The molecule has 4 heteroatoms. The van der Waals surface area contributed by atoms with Crippen molar-refractivity contribution in [3.05, 3.63) is 28.5 Å². The van der Waals surface area contributed by atoms with E-state index in [4.69, 9.17) is 16.3 Å². The minimum absolute atomic E-state index is 0.00882. The highest BCUT2D eigenvalue weighted by Crippen LogP contribution is 2.49. The zero-order valence-electron chi connectivity index (χ0n) is 9.84. The van der Waals surface area contributed by atoms with E-state index in [2.05, 4.69) is 29.8 Å². The molecule has 1 saturated carbocycles. The second kappa shape index (κ2) is 4.77. The molecule has 1 nitrogen and oxygen atoms in total. The highest BCUT2D eigenvalue weighted by Gasteiger charge is 2.51.